The Bertz CT molecular complexity index is 539. The van der Waals surface area contributed by atoms with Crippen LogP contribution in [0.15, 0.2) is 24.3 Å². The summed E-state index contributed by atoms with van der Waals surface area (Å²) in [7, 11) is 0. The average molecular weight is 202 g/mol. The molecular formula is C10H7FN4. The van der Waals surface area contributed by atoms with E-state index >= 15 is 0 Å². The van der Waals surface area contributed by atoms with E-state index in [1.165, 1.54) is 6.07 Å². The Kier molecular flexibility index (Phi) is 2.10. The second-order valence-electron chi connectivity index (χ2n) is 2.94. The van der Waals surface area contributed by atoms with E-state index in [9.17, 15) is 4.39 Å². The molecule has 0 atom stereocenters. The van der Waals surface area contributed by atoms with Gasteiger partial charge in [0.25, 0.3) is 0 Å². The summed E-state index contributed by atoms with van der Waals surface area (Å²) in [6.07, 6.45) is 0. The van der Waals surface area contributed by atoms with E-state index in [1.54, 1.807) is 18.2 Å². The number of rotatable bonds is 1. The molecule has 1 heterocycles. The fraction of sp³-hybridized carbons (Fsp3) is 0. The SMILES string of the molecule is N#Cc1[nH]c(-c2ccccc2F)nc1N. The van der Waals surface area contributed by atoms with Gasteiger partial charge in [0.2, 0.25) is 0 Å². The van der Waals surface area contributed by atoms with Crippen molar-refractivity contribution in [3.05, 3.63) is 35.8 Å². The van der Waals surface area contributed by atoms with Gasteiger partial charge in [0, 0.05) is 0 Å². The Morgan fingerprint density at radius 2 is 2.13 bits per heavy atom. The first-order valence-electron chi connectivity index (χ1n) is 4.23. The van der Waals surface area contributed by atoms with Gasteiger partial charge in [-0.2, -0.15) is 5.26 Å². The topological polar surface area (TPSA) is 78.5 Å². The normalized spacial score (nSPS) is 9.87. The zero-order valence-corrected chi connectivity index (χ0v) is 7.66. The molecule has 0 saturated carbocycles. The van der Waals surface area contributed by atoms with Crippen molar-refractivity contribution in [3.63, 3.8) is 0 Å². The maximum atomic E-state index is 13.3. The van der Waals surface area contributed by atoms with Gasteiger partial charge in [0.05, 0.1) is 5.56 Å². The van der Waals surface area contributed by atoms with Gasteiger partial charge in [0.15, 0.2) is 11.5 Å². The van der Waals surface area contributed by atoms with E-state index in [-0.39, 0.29) is 17.3 Å². The number of nitrogens with one attached hydrogen (secondary N) is 1. The van der Waals surface area contributed by atoms with E-state index in [1.807, 2.05) is 6.07 Å². The van der Waals surface area contributed by atoms with Crippen molar-refractivity contribution < 1.29 is 4.39 Å². The Balaban J connectivity index is 2.56. The number of hydrogen-bond acceptors (Lipinski definition) is 3. The molecule has 0 bridgehead atoms. The number of anilines is 1. The Morgan fingerprint density at radius 1 is 1.40 bits per heavy atom. The molecule has 1 aromatic carbocycles. The fourth-order valence-corrected chi connectivity index (χ4v) is 1.25. The molecule has 2 rings (SSSR count). The lowest BCUT2D eigenvalue weighted by Gasteiger charge is -1.96. The van der Waals surface area contributed by atoms with Crippen LogP contribution in [0.5, 0.6) is 0 Å². The Labute approximate surface area is 85.2 Å². The van der Waals surface area contributed by atoms with Crippen molar-refractivity contribution >= 4 is 5.82 Å². The van der Waals surface area contributed by atoms with Gasteiger partial charge in [-0.25, -0.2) is 9.37 Å². The molecule has 0 aliphatic rings. The summed E-state index contributed by atoms with van der Waals surface area (Å²) in [6.45, 7) is 0. The molecule has 0 amide bonds. The zero-order chi connectivity index (χ0) is 10.8. The first-order chi connectivity index (χ1) is 7.22. The van der Waals surface area contributed by atoms with Crippen molar-refractivity contribution in [3.8, 4) is 17.5 Å². The van der Waals surface area contributed by atoms with Gasteiger partial charge in [-0.15, -0.1) is 0 Å². The summed E-state index contributed by atoms with van der Waals surface area (Å²) in [4.78, 5) is 6.52. The molecule has 0 aliphatic carbocycles. The minimum Gasteiger partial charge on any atom is -0.381 e. The van der Waals surface area contributed by atoms with Crippen LogP contribution in [-0.4, -0.2) is 9.97 Å². The first-order valence-corrected chi connectivity index (χ1v) is 4.23. The number of nitrogens with two attached hydrogens (primary N) is 1. The van der Waals surface area contributed by atoms with Crippen LogP contribution >= 0.6 is 0 Å². The maximum absolute atomic E-state index is 13.3. The standard InChI is InChI=1S/C10H7FN4/c11-7-4-2-1-3-6(7)10-14-8(5-12)9(13)15-10/h1-4H,13H2,(H,14,15). The second-order valence-corrected chi connectivity index (χ2v) is 2.94. The monoisotopic (exact) mass is 202 g/mol. The third kappa shape index (κ3) is 1.53. The Hall–Kier alpha value is -2.35. The van der Waals surface area contributed by atoms with E-state index < -0.39 is 5.82 Å². The highest BCUT2D eigenvalue weighted by atomic mass is 19.1. The second kappa shape index (κ2) is 3.42. The van der Waals surface area contributed by atoms with Gasteiger partial charge in [0.1, 0.15) is 17.7 Å². The van der Waals surface area contributed by atoms with Crippen LogP contribution < -0.4 is 5.73 Å². The number of imidazole rings is 1. The summed E-state index contributed by atoms with van der Waals surface area (Å²) >= 11 is 0. The van der Waals surface area contributed by atoms with Crippen LogP contribution in [0.2, 0.25) is 0 Å². The molecule has 3 N–H and O–H groups in total. The van der Waals surface area contributed by atoms with Crippen LogP contribution in [-0.2, 0) is 0 Å². The molecule has 0 aliphatic heterocycles. The number of aromatic nitrogens is 2. The molecule has 1 aromatic heterocycles. The number of halogens is 1. The molecule has 15 heavy (non-hydrogen) atoms. The van der Waals surface area contributed by atoms with E-state index in [0.717, 1.165) is 0 Å². The quantitative estimate of drug-likeness (QED) is 0.738. The maximum Gasteiger partial charge on any atom is 0.161 e. The van der Waals surface area contributed by atoms with Gasteiger partial charge in [-0.3, -0.25) is 0 Å². The van der Waals surface area contributed by atoms with Gasteiger partial charge in [-0.1, -0.05) is 12.1 Å². The van der Waals surface area contributed by atoms with Crippen molar-refractivity contribution in [2.24, 2.45) is 0 Å². The lowest BCUT2D eigenvalue weighted by Crippen LogP contribution is -1.87. The van der Waals surface area contributed by atoms with Gasteiger partial charge >= 0.3 is 0 Å². The number of hydrogen-bond donors (Lipinski definition) is 2. The lowest BCUT2D eigenvalue weighted by molar-refractivity contribution is 0.630. The minimum atomic E-state index is -0.407. The predicted octanol–water partition coefficient (Wildman–Crippen LogP) is 1.67. The van der Waals surface area contributed by atoms with Crippen molar-refractivity contribution in [1.29, 1.82) is 5.26 Å². The summed E-state index contributed by atoms with van der Waals surface area (Å²) in [5.41, 5.74) is 5.90. The smallest absolute Gasteiger partial charge is 0.161 e. The third-order valence-electron chi connectivity index (χ3n) is 1.97. The van der Waals surface area contributed by atoms with Gasteiger partial charge in [-0.05, 0) is 12.1 Å². The molecule has 2 aromatic rings. The highest BCUT2D eigenvalue weighted by Crippen LogP contribution is 2.21. The zero-order valence-electron chi connectivity index (χ0n) is 7.66. The average Bonchev–Trinajstić information content (AvgIpc) is 2.60. The minimum absolute atomic E-state index is 0.0794. The fourth-order valence-electron chi connectivity index (χ4n) is 1.25. The summed E-state index contributed by atoms with van der Waals surface area (Å²) in [5.74, 6) is -0.0614. The molecule has 5 heteroatoms. The van der Waals surface area contributed by atoms with Crippen molar-refractivity contribution in [2.45, 2.75) is 0 Å². The number of nitriles is 1. The van der Waals surface area contributed by atoms with Crippen molar-refractivity contribution in [2.75, 3.05) is 5.73 Å². The number of aromatic amines is 1. The summed E-state index contributed by atoms with van der Waals surface area (Å²) in [5, 5.41) is 8.65. The van der Waals surface area contributed by atoms with E-state index in [0.29, 0.717) is 5.56 Å². The largest absolute Gasteiger partial charge is 0.381 e. The number of H-pyrrole nitrogens is 1. The van der Waals surface area contributed by atoms with Crippen LogP contribution in [0.1, 0.15) is 5.69 Å². The molecule has 0 spiro atoms. The predicted molar refractivity (Wildman–Crippen MR) is 53.1 cm³/mol. The third-order valence-corrected chi connectivity index (χ3v) is 1.97. The highest BCUT2D eigenvalue weighted by molar-refractivity contribution is 5.61. The van der Waals surface area contributed by atoms with Crippen LogP contribution in [0.25, 0.3) is 11.4 Å². The molecule has 0 radical (unpaired) electrons. The van der Waals surface area contributed by atoms with Crippen LogP contribution in [0.3, 0.4) is 0 Å². The molecule has 0 saturated heterocycles. The van der Waals surface area contributed by atoms with E-state index in [4.69, 9.17) is 11.0 Å². The Morgan fingerprint density at radius 3 is 2.73 bits per heavy atom. The highest BCUT2D eigenvalue weighted by Gasteiger charge is 2.11. The van der Waals surface area contributed by atoms with E-state index in [2.05, 4.69) is 9.97 Å². The van der Waals surface area contributed by atoms with Crippen molar-refractivity contribution in [1.82, 2.24) is 9.97 Å². The molecule has 4 nitrogen and oxygen atoms in total. The number of nitrogen functional groups attached to an aromatic ring is 1. The van der Waals surface area contributed by atoms with Gasteiger partial charge < -0.3 is 10.7 Å². The number of benzene rings is 1. The summed E-state index contributed by atoms with van der Waals surface area (Å²) < 4.78 is 13.3. The molecule has 0 unspecified atom stereocenters. The molecular weight excluding hydrogens is 195 g/mol. The number of nitrogens with zero attached hydrogens (tertiary/aromatic N) is 2. The van der Waals surface area contributed by atoms with Crippen LogP contribution in [0.4, 0.5) is 10.2 Å². The molecule has 0 fully saturated rings. The van der Waals surface area contributed by atoms with Crippen LogP contribution in [0, 0.1) is 17.1 Å². The molecule has 74 valence electrons. The lowest BCUT2D eigenvalue weighted by atomic mass is 10.2. The first kappa shape index (κ1) is 9.21. The summed E-state index contributed by atoms with van der Waals surface area (Å²) in [6, 6.07) is 7.99.